The van der Waals surface area contributed by atoms with Gasteiger partial charge in [-0.1, -0.05) is 69.4 Å². The molecule has 0 saturated heterocycles. The van der Waals surface area contributed by atoms with Crippen LogP contribution in [0.15, 0.2) is 30.3 Å². The third-order valence-corrected chi connectivity index (χ3v) is 4.39. The molecule has 0 N–H and O–H groups in total. The Morgan fingerprint density at radius 2 is 1.56 bits per heavy atom. The van der Waals surface area contributed by atoms with E-state index in [9.17, 15) is 8.42 Å². The zero-order valence-electron chi connectivity index (χ0n) is 11.1. The van der Waals surface area contributed by atoms with Gasteiger partial charge in [-0.25, -0.2) is 8.42 Å². The van der Waals surface area contributed by atoms with Crippen molar-refractivity contribution in [2.45, 2.75) is 45.4 Å². The molecule has 2 nitrogen and oxygen atoms in total. The highest BCUT2D eigenvalue weighted by molar-refractivity contribution is 7.93. The predicted molar refractivity (Wildman–Crippen MR) is 77.0 cm³/mol. The van der Waals surface area contributed by atoms with Crippen LogP contribution in [0.25, 0.3) is 0 Å². The molecule has 0 aliphatic rings. The first-order valence-corrected chi connectivity index (χ1v) is 8.48. The maximum atomic E-state index is 11.8. The third-order valence-electron chi connectivity index (χ3n) is 2.90. The molecule has 0 unspecified atom stereocenters. The predicted octanol–water partition coefficient (Wildman–Crippen LogP) is 3.97. The van der Waals surface area contributed by atoms with Gasteiger partial charge in [0.1, 0.15) is 5.75 Å². The summed E-state index contributed by atoms with van der Waals surface area (Å²) in [6.07, 6.45) is 6.63. The van der Waals surface area contributed by atoms with Gasteiger partial charge in [0.05, 0.1) is 5.75 Å². The van der Waals surface area contributed by atoms with E-state index in [0.717, 1.165) is 24.8 Å². The van der Waals surface area contributed by atoms with Gasteiger partial charge in [-0.15, -0.1) is 0 Å². The first kappa shape index (κ1) is 15.2. The van der Waals surface area contributed by atoms with E-state index in [0.29, 0.717) is 0 Å². The fraction of sp³-hybridized carbons (Fsp3) is 0.533. The van der Waals surface area contributed by atoms with Gasteiger partial charge < -0.3 is 0 Å². The monoisotopic (exact) mass is 267 g/mol. The Morgan fingerprint density at radius 1 is 0.944 bits per heavy atom. The molecule has 0 aliphatic heterocycles. The van der Waals surface area contributed by atoms with Crippen molar-refractivity contribution in [1.29, 1.82) is 0 Å². The topological polar surface area (TPSA) is 34.1 Å². The minimum absolute atomic E-state index is 0.272. The maximum Gasteiger partial charge on any atom is 0.158 e. The summed E-state index contributed by atoms with van der Waals surface area (Å²) in [5.74, 6) is 1.66. The van der Waals surface area contributed by atoms with E-state index in [1.54, 1.807) is 0 Å². The Balaban J connectivity index is 2.24. The maximum absolute atomic E-state index is 11.8. The van der Waals surface area contributed by atoms with Gasteiger partial charge in [0.25, 0.3) is 0 Å². The number of hydrogen-bond acceptors (Lipinski definition) is 2. The van der Waals surface area contributed by atoms with E-state index in [-0.39, 0.29) is 5.75 Å². The molecular weight excluding hydrogens is 244 g/mol. The third kappa shape index (κ3) is 6.80. The molecule has 0 bridgehead atoms. The minimum Gasteiger partial charge on any atom is -0.228 e. The molecule has 1 rings (SSSR count). The molecule has 1 aromatic carbocycles. The normalized spacial score (nSPS) is 11.6. The molecule has 0 fully saturated rings. The molecular formula is C15H23O2S. The average molecular weight is 267 g/mol. The summed E-state index contributed by atoms with van der Waals surface area (Å²) < 4.78 is 23.7. The van der Waals surface area contributed by atoms with Crippen molar-refractivity contribution in [1.82, 2.24) is 0 Å². The highest BCUT2D eigenvalue weighted by Crippen LogP contribution is 2.12. The van der Waals surface area contributed by atoms with Crippen LogP contribution in [0.3, 0.4) is 0 Å². The molecule has 18 heavy (non-hydrogen) atoms. The number of benzene rings is 1. The molecule has 0 heterocycles. The van der Waals surface area contributed by atoms with Crippen LogP contribution in [-0.4, -0.2) is 14.2 Å². The molecule has 0 amide bonds. The van der Waals surface area contributed by atoms with E-state index in [1.165, 1.54) is 25.0 Å². The molecule has 1 radical (unpaired) electrons. The van der Waals surface area contributed by atoms with Crippen molar-refractivity contribution >= 4 is 9.84 Å². The zero-order chi connectivity index (χ0) is 13.3. The minimum atomic E-state index is -3.05. The zero-order valence-corrected chi connectivity index (χ0v) is 12.0. The molecule has 0 saturated carbocycles. The quantitative estimate of drug-likeness (QED) is 0.634. The van der Waals surface area contributed by atoms with E-state index in [1.807, 2.05) is 30.3 Å². The van der Waals surface area contributed by atoms with Gasteiger partial charge in [-0.05, 0) is 12.0 Å². The lowest BCUT2D eigenvalue weighted by Crippen LogP contribution is -2.07. The lowest BCUT2D eigenvalue weighted by Gasteiger charge is -2.04. The van der Waals surface area contributed by atoms with E-state index >= 15 is 0 Å². The largest absolute Gasteiger partial charge is 0.228 e. The molecule has 0 spiro atoms. The van der Waals surface area contributed by atoms with Gasteiger partial charge in [0, 0.05) is 0 Å². The number of rotatable bonds is 9. The summed E-state index contributed by atoms with van der Waals surface area (Å²) in [6.45, 7) is 2.18. The summed E-state index contributed by atoms with van der Waals surface area (Å²) in [5.41, 5.74) is 0.767. The van der Waals surface area contributed by atoms with Gasteiger partial charge in [-0.2, -0.15) is 0 Å². The number of hydrogen-bond donors (Lipinski definition) is 0. The SMILES string of the molecule is CCCCCCCCS(=O)(=O)[CH]c1ccccc1. The lowest BCUT2D eigenvalue weighted by atomic mass is 10.1. The Morgan fingerprint density at radius 3 is 2.22 bits per heavy atom. The van der Waals surface area contributed by atoms with Crippen LogP contribution in [0.2, 0.25) is 0 Å². The van der Waals surface area contributed by atoms with Gasteiger partial charge in [-0.3, -0.25) is 0 Å². The van der Waals surface area contributed by atoms with Crippen LogP contribution in [0, 0.1) is 5.75 Å². The number of sulfone groups is 1. The Bertz CT molecular complexity index is 409. The summed E-state index contributed by atoms with van der Waals surface area (Å²) >= 11 is 0. The van der Waals surface area contributed by atoms with Crippen LogP contribution in [0.1, 0.15) is 51.0 Å². The first-order chi connectivity index (χ1) is 8.64. The van der Waals surface area contributed by atoms with Crippen molar-refractivity contribution in [3.8, 4) is 0 Å². The van der Waals surface area contributed by atoms with Gasteiger partial charge >= 0.3 is 0 Å². The van der Waals surface area contributed by atoms with Crippen molar-refractivity contribution < 1.29 is 8.42 Å². The number of unbranched alkanes of at least 4 members (excludes halogenated alkanes) is 5. The van der Waals surface area contributed by atoms with Gasteiger partial charge in [0.15, 0.2) is 9.84 Å². The van der Waals surface area contributed by atoms with Crippen LogP contribution >= 0.6 is 0 Å². The van der Waals surface area contributed by atoms with Crippen molar-refractivity contribution in [3.05, 3.63) is 41.6 Å². The van der Waals surface area contributed by atoms with Crippen LogP contribution in [-0.2, 0) is 9.84 Å². The Kier molecular flexibility index (Phi) is 7.02. The fourth-order valence-corrected chi connectivity index (χ4v) is 3.18. The second-order valence-electron chi connectivity index (χ2n) is 4.66. The van der Waals surface area contributed by atoms with Crippen molar-refractivity contribution in [3.63, 3.8) is 0 Å². The Hall–Kier alpha value is -0.830. The Labute approximate surface area is 111 Å². The fourth-order valence-electron chi connectivity index (χ4n) is 1.88. The van der Waals surface area contributed by atoms with Crippen LogP contribution in [0.5, 0.6) is 0 Å². The van der Waals surface area contributed by atoms with Crippen LogP contribution in [0.4, 0.5) is 0 Å². The average Bonchev–Trinajstić information content (AvgIpc) is 2.34. The molecule has 0 atom stereocenters. The van der Waals surface area contributed by atoms with E-state index in [4.69, 9.17) is 0 Å². The van der Waals surface area contributed by atoms with Crippen LogP contribution < -0.4 is 0 Å². The summed E-state index contributed by atoms with van der Waals surface area (Å²) in [4.78, 5) is 0. The van der Waals surface area contributed by atoms with E-state index in [2.05, 4.69) is 6.92 Å². The second kappa shape index (κ2) is 8.30. The highest BCUT2D eigenvalue weighted by Gasteiger charge is 2.11. The molecule has 0 aliphatic carbocycles. The lowest BCUT2D eigenvalue weighted by molar-refractivity contribution is 0.589. The summed E-state index contributed by atoms with van der Waals surface area (Å²) in [5, 5.41) is 0. The summed E-state index contributed by atoms with van der Waals surface area (Å²) in [6, 6.07) is 9.23. The molecule has 0 aromatic heterocycles. The summed E-state index contributed by atoms with van der Waals surface area (Å²) in [7, 11) is -3.05. The smallest absolute Gasteiger partial charge is 0.158 e. The standard InChI is InChI=1S/C15H23O2S/c1-2-3-4-5-6-10-13-18(16,17)14-15-11-8-7-9-12-15/h7-9,11-12,14H,2-6,10,13H2,1H3. The first-order valence-electron chi connectivity index (χ1n) is 6.76. The van der Waals surface area contributed by atoms with Crippen molar-refractivity contribution in [2.75, 3.05) is 5.75 Å². The van der Waals surface area contributed by atoms with Gasteiger partial charge in [0.2, 0.25) is 0 Å². The van der Waals surface area contributed by atoms with E-state index < -0.39 is 9.84 Å². The second-order valence-corrected chi connectivity index (χ2v) is 6.63. The van der Waals surface area contributed by atoms with Crippen molar-refractivity contribution in [2.24, 2.45) is 0 Å². The molecule has 3 heteroatoms. The highest BCUT2D eigenvalue weighted by atomic mass is 32.2. The molecule has 101 valence electrons. The molecule has 1 aromatic rings.